The first kappa shape index (κ1) is 13.0. The van der Waals surface area contributed by atoms with Gasteiger partial charge in [0.05, 0.1) is 4.47 Å². The van der Waals surface area contributed by atoms with E-state index in [2.05, 4.69) is 20.9 Å². The summed E-state index contributed by atoms with van der Waals surface area (Å²) >= 11 is 3.09. The molecule has 0 bridgehead atoms. The number of nitrogens with two attached hydrogens (primary N) is 1. The number of hydrogen-bond acceptors (Lipinski definition) is 3. The fourth-order valence-electron chi connectivity index (χ4n) is 1.55. The van der Waals surface area contributed by atoms with E-state index in [4.69, 9.17) is 10.5 Å². The highest BCUT2D eigenvalue weighted by Crippen LogP contribution is 2.27. The molecule has 0 aliphatic carbocycles. The highest BCUT2D eigenvalue weighted by atomic mass is 79.9. The minimum Gasteiger partial charge on any atom is -0.439 e. The number of ether oxygens (including phenoxy) is 1. The second kappa shape index (κ2) is 5.46. The molecule has 1 aromatic carbocycles. The van der Waals surface area contributed by atoms with Crippen LogP contribution in [0, 0.1) is 12.7 Å². The zero-order valence-electron chi connectivity index (χ0n) is 9.78. The largest absolute Gasteiger partial charge is 0.439 e. The van der Waals surface area contributed by atoms with E-state index in [1.54, 1.807) is 18.3 Å². The first-order valence-corrected chi connectivity index (χ1v) is 6.18. The first-order valence-electron chi connectivity index (χ1n) is 5.39. The lowest BCUT2D eigenvalue weighted by atomic mass is 10.1. The van der Waals surface area contributed by atoms with Crippen LogP contribution in [0.3, 0.4) is 0 Å². The van der Waals surface area contributed by atoms with Gasteiger partial charge in [0.15, 0.2) is 0 Å². The average Bonchev–Trinajstić information content (AvgIpc) is 2.34. The van der Waals surface area contributed by atoms with Crippen molar-refractivity contribution >= 4 is 15.9 Å². The summed E-state index contributed by atoms with van der Waals surface area (Å²) in [6, 6.07) is 6.41. The molecule has 0 fully saturated rings. The maximum atomic E-state index is 13.4. The minimum absolute atomic E-state index is 0.327. The number of rotatable bonds is 3. The van der Waals surface area contributed by atoms with E-state index in [1.807, 2.05) is 13.0 Å². The number of nitrogens with zero attached hydrogens (tertiary/aromatic N) is 1. The summed E-state index contributed by atoms with van der Waals surface area (Å²) in [6.45, 7) is 2.26. The van der Waals surface area contributed by atoms with Crippen molar-refractivity contribution in [2.24, 2.45) is 5.73 Å². The topological polar surface area (TPSA) is 48.1 Å². The van der Waals surface area contributed by atoms with E-state index in [-0.39, 0.29) is 5.82 Å². The Morgan fingerprint density at radius 3 is 2.83 bits per heavy atom. The molecular weight excluding hydrogens is 299 g/mol. The molecule has 0 atom stereocenters. The molecule has 0 amide bonds. The van der Waals surface area contributed by atoms with E-state index >= 15 is 0 Å². The summed E-state index contributed by atoms with van der Waals surface area (Å²) < 4.78 is 19.3. The van der Waals surface area contributed by atoms with E-state index in [9.17, 15) is 4.39 Å². The van der Waals surface area contributed by atoms with Gasteiger partial charge in [0.2, 0.25) is 5.88 Å². The molecule has 0 spiro atoms. The fraction of sp³-hybridized carbons (Fsp3) is 0.154. The van der Waals surface area contributed by atoms with Crippen LogP contribution in [0.5, 0.6) is 11.6 Å². The smallest absolute Gasteiger partial charge is 0.223 e. The number of halogens is 2. The Bertz CT molecular complexity index is 575. The normalized spacial score (nSPS) is 10.4. The molecule has 5 heteroatoms. The Balaban J connectivity index is 2.34. The van der Waals surface area contributed by atoms with Gasteiger partial charge in [-0.05, 0) is 46.6 Å². The summed E-state index contributed by atoms with van der Waals surface area (Å²) in [5.74, 6) is 0.428. The van der Waals surface area contributed by atoms with Crippen molar-refractivity contribution in [3.05, 3.63) is 51.9 Å². The lowest BCUT2D eigenvalue weighted by Gasteiger charge is -2.11. The summed E-state index contributed by atoms with van der Waals surface area (Å²) in [4.78, 5) is 4.12. The van der Waals surface area contributed by atoms with Gasteiger partial charge < -0.3 is 10.5 Å². The number of pyridine rings is 1. The van der Waals surface area contributed by atoms with Gasteiger partial charge in [0.1, 0.15) is 11.6 Å². The van der Waals surface area contributed by atoms with Crippen LogP contribution in [0.4, 0.5) is 4.39 Å². The van der Waals surface area contributed by atoms with Crippen molar-refractivity contribution in [1.29, 1.82) is 0 Å². The zero-order valence-corrected chi connectivity index (χ0v) is 11.4. The molecule has 2 aromatic rings. The Labute approximate surface area is 113 Å². The average molecular weight is 311 g/mol. The Morgan fingerprint density at radius 1 is 1.39 bits per heavy atom. The maximum absolute atomic E-state index is 13.4. The number of aromatic nitrogens is 1. The second-order valence-electron chi connectivity index (χ2n) is 3.79. The standard InChI is InChI=1S/C13H12BrFN2O/c1-8-4-5-17-13(10(8)7-16)18-9-2-3-11(14)12(15)6-9/h2-6H,7,16H2,1H3. The molecule has 18 heavy (non-hydrogen) atoms. The lowest BCUT2D eigenvalue weighted by Crippen LogP contribution is -2.03. The Morgan fingerprint density at radius 2 is 2.17 bits per heavy atom. The van der Waals surface area contributed by atoms with E-state index in [0.717, 1.165) is 11.1 Å². The molecule has 94 valence electrons. The fourth-order valence-corrected chi connectivity index (χ4v) is 1.80. The minimum atomic E-state index is -0.380. The van der Waals surface area contributed by atoms with Gasteiger partial charge in [-0.15, -0.1) is 0 Å². The molecule has 0 radical (unpaired) electrons. The molecule has 1 heterocycles. The molecule has 1 aromatic heterocycles. The van der Waals surface area contributed by atoms with Crippen LogP contribution < -0.4 is 10.5 Å². The lowest BCUT2D eigenvalue weighted by molar-refractivity contribution is 0.451. The Hall–Kier alpha value is -1.46. The Kier molecular flexibility index (Phi) is 3.93. The van der Waals surface area contributed by atoms with E-state index < -0.39 is 0 Å². The summed E-state index contributed by atoms with van der Waals surface area (Å²) in [5, 5.41) is 0. The molecule has 0 unspecified atom stereocenters. The van der Waals surface area contributed by atoms with E-state index in [1.165, 1.54) is 6.07 Å². The molecule has 0 saturated carbocycles. The van der Waals surface area contributed by atoms with Gasteiger partial charge in [0.25, 0.3) is 0 Å². The van der Waals surface area contributed by atoms with Crippen LogP contribution >= 0.6 is 15.9 Å². The first-order chi connectivity index (χ1) is 8.61. The molecule has 0 aliphatic heterocycles. The van der Waals surface area contributed by atoms with Crippen LogP contribution in [0.1, 0.15) is 11.1 Å². The highest BCUT2D eigenvalue weighted by molar-refractivity contribution is 9.10. The highest BCUT2D eigenvalue weighted by Gasteiger charge is 2.09. The quantitative estimate of drug-likeness (QED) is 0.943. The van der Waals surface area contributed by atoms with Gasteiger partial charge in [-0.2, -0.15) is 0 Å². The van der Waals surface area contributed by atoms with Crippen molar-refractivity contribution < 1.29 is 9.13 Å². The number of aryl methyl sites for hydroxylation is 1. The SMILES string of the molecule is Cc1ccnc(Oc2ccc(Br)c(F)c2)c1CN. The van der Waals surface area contributed by atoms with E-state index in [0.29, 0.717) is 22.6 Å². The predicted octanol–water partition coefficient (Wildman–Crippen LogP) is 3.54. The molecular formula is C13H12BrFN2O. The third kappa shape index (κ3) is 2.68. The van der Waals surface area contributed by atoms with Crippen molar-refractivity contribution in [1.82, 2.24) is 4.98 Å². The van der Waals surface area contributed by atoms with Crippen LogP contribution in [-0.4, -0.2) is 4.98 Å². The molecule has 2 rings (SSSR count). The molecule has 0 aliphatic rings. The summed E-state index contributed by atoms with van der Waals surface area (Å²) in [7, 11) is 0. The third-order valence-electron chi connectivity index (χ3n) is 2.56. The summed E-state index contributed by atoms with van der Waals surface area (Å²) in [5.41, 5.74) is 7.48. The maximum Gasteiger partial charge on any atom is 0.223 e. The zero-order chi connectivity index (χ0) is 13.1. The van der Waals surface area contributed by atoms with Gasteiger partial charge >= 0.3 is 0 Å². The number of benzene rings is 1. The third-order valence-corrected chi connectivity index (χ3v) is 3.20. The molecule has 2 N–H and O–H groups in total. The molecule has 3 nitrogen and oxygen atoms in total. The summed E-state index contributed by atoms with van der Waals surface area (Å²) in [6.07, 6.45) is 1.64. The van der Waals surface area contributed by atoms with Crippen molar-refractivity contribution in [2.75, 3.05) is 0 Å². The van der Waals surface area contributed by atoms with Crippen molar-refractivity contribution in [3.63, 3.8) is 0 Å². The van der Waals surface area contributed by atoms with Crippen LogP contribution in [0.25, 0.3) is 0 Å². The van der Waals surface area contributed by atoms with Crippen molar-refractivity contribution in [3.8, 4) is 11.6 Å². The predicted molar refractivity (Wildman–Crippen MR) is 71.0 cm³/mol. The number of hydrogen-bond donors (Lipinski definition) is 1. The second-order valence-corrected chi connectivity index (χ2v) is 4.65. The van der Waals surface area contributed by atoms with Crippen molar-refractivity contribution in [2.45, 2.75) is 13.5 Å². The van der Waals surface area contributed by atoms with Gasteiger partial charge in [0, 0.05) is 24.4 Å². The van der Waals surface area contributed by atoms with Crippen LogP contribution in [0.15, 0.2) is 34.9 Å². The van der Waals surface area contributed by atoms with Crippen LogP contribution in [0.2, 0.25) is 0 Å². The van der Waals surface area contributed by atoms with Gasteiger partial charge in [-0.25, -0.2) is 9.37 Å². The monoisotopic (exact) mass is 310 g/mol. The molecule has 0 saturated heterocycles. The van der Waals surface area contributed by atoms with Gasteiger partial charge in [-0.3, -0.25) is 0 Å². The van der Waals surface area contributed by atoms with Crippen LogP contribution in [-0.2, 0) is 6.54 Å². The van der Waals surface area contributed by atoms with Gasteiger partial charge in [-0.1, -0.05) is 0 Å².